The molecule has 0 aliphatic rings. The Morgan fingerprint density at radius 3 is 2.47 bits per heavy atom. The Morgan fingerprint density at radius 1 is 1.41 bits per heavy atom. The second kappa shape index (κ2) is 5.31. The van der Waals surface area contributed by atoms with Gasteiger partial charge in [-0.15, -0.1) is 0 Å². The second-order valence-corrected chi connectivity index (χ2v) is 4.06. The van der Waals surface area contributed by atoms with Crippen LogP contribution in [0.3, 0.4) is 0 Å². The Morgan fingerprint density at radius 2 is 2.00 bits per heavy atom. The average Bonchev–Trinajstić information content (AvgIpc) is 2.20. The molecule has 17 heavy (non-hydrogen) atoms. The summed E-state index contributed by atoms with van der Waals surface area (Å²) in [4.78, 5) is 11.6. The van der Waals surface area contributed by atoms with Gasteiger partial charge in [0.05, 0.1) is 22.4 Å². The summed E-state index contributed by atoms with van der Waals surface area (Å²) in [5, 5.41) is -0.307. The number of nitrogens with two attached hydrogens (primary N) is 1. The lowest BCUT2D eigenvalue weighted by Gasteiger charge is -2.12. The molecule has 0 heterocycles. The van der Waals surface area contributed by atoms with Crippen molar-refractivity contribution >= 4 is 23.3 Å². The van der Waals surface area contributed by atoms with Gasteiger partial charge in [-0.05, 0) is 19.9 Å². The zero-order chi connectivity index (χ0) is 13.2. The Bertz CT molecular complexity index is 436. The minimum Gasteiger partial charge on any atom is -0.459 e. The van der Waals surface area contributed by atoms with Crippen LogP contribution in [0.4, 0.5) is 14.5 Å². The number of nitrogen functional groups attached to an aromatic ring is 1. The highest BCUT2D eigenvalue weighted by molar-refractivity contribution is 6.34. The molecule has 3 nitrogen and oxygen atoms in total. The highest BCUT2D eigenvalue weighted by atomic mass is 35.5. The summed E-state index contributed by atoms with van der Waals surface area (Å²) in [6.07, 6.45) is -3.06. The van der Waals surface area contributed by atoms with Crippen molar-refractivity contribution in [1.82, 2.24) is 0 Å². The standard InChI is InChI=1S/C11H12ClF2NO2/c1-5(2)17-11(16)7-4-3-6(10(13)14)8(12)9(7)15/h3-5,10H,15H2,1-2H3. The van der Waals surface area contributed by atoms with E-state index in [1.165, 1.54) is 6.07 Å². The summed E-state index contributed by atoms with van der Waals surface area (Å²) in [6.45, 7) is 3.34. The summed E-state index contributed by atoms with van der Waals surface area (Å²) in [5.41, 5.74) is 4.94. The van der Waals surface area contributed by atoms with E-state index in [1.807, 2.05) is 0 Å². The molecule has 0 unspecified atom stereocenters. The van der Waals surface area contributed by atoms with Gasteiger partial charge >= 0.3 is 5.97 Å². The quantitative estimate of drug-likeness (QED) is 0.671. The normalized spacial score (nSPS) is 11.0. The van der Waals surface area contributed by atoms with Crippen LogP contribution in [0.1, 0.15) is 36.2 Å². The third kappa shape index (κ3) is 3.06. The van der Waals surface area contributed by atoms with E-state index in [9.17, 15) is 13.6 Å². The number of alkyl halides is 2. The molecule has 0 aliphatic heterocycles. The number of hydrogen-bond donors (Lipinski definition) is 1. The van der Waals surface area contributed by atoms with E-state index < -0.39 is 18.0 Å². The van der Waals surface area contributed by atoms with Crippen LogP contribution >= 0.6 is 11.6 Å². The molecule has 0 saturated heterocycles. The first-order chi connectivity index (χ1) is 7.84. The first-order valence-corrected chi connectivity index (χ1v) is 5.29. The van der Waals surface area contributed by atoms with E-state index in [2.05, 4.69) is 0 Å². The molecule has 0 fully saturated rings. The van der Waals surface area contributed by atoms with Crippen LogP contribution in [0.5, 0.6) is 0 Å². The Hall–Kier alpha value is -1.36. The minimum absolute atomic E-state index is 0.00639. The van der Waals surface area contributed by atoms with Crippen molar-refractivity contribution in [3.8, 4) is 0 Å². The van der Waals surface area contributed by atoms with Gasteiger partial charge in [0.25, 0.3) is 6.43 Å². The number of hydrogen-bond acceptors (Lipinski definition) is 3. The van der Waals surface area contributed by atoms with Crippen LogP contribution in [0.2, 0.25) is 5.02 Å². The van der Waals surface area contributed by atoms with Gasteiger partial charge in [0.2, 0.25) is 0 Å². The van der Waals surface area contributed by atoms with E-state index in [4.69, 9.17) is 22.1 Å². The van der Waals surface area contributed by atoms with Crippen molar-refractivity contribution in [1.29, 1.82) is 0 Å². The highest BCUT2D eigenvalue weighted by Gasteiger charge is 2.20. The Kier molecular flexibility index (Phi) is 4.28. The molecule has 0 bridgehead atoms. The lowest BCUT2D eigenvalue weighted by molar-refractivity contribution is 0.0379. The maximum absolute atomic E-state index is 12.5. The molecule has 94 valence electrons. The SMILES string of the molecule is CC(C)OC(=O)c1ccc(C(F)F)c(Cl)c1N. The average molecular weight is 264 g/mol. The fourth-order valence-electron chi connectivity index (χ4n) is 1.23. The molecule has 0 amide bonds. The first kappa shape index (κ1) is 13.7. The highest BCUT2D eigenvalue weighted by Crippen LogP contribution is 2.33. The van der Waals surface area contributed by atoms with Crippen molar-refractivity contribution in [3.05, 3.63) is 28.3 Å². The molecule has 1 rings (SSSR count). The third-order valence-corrected chi connectivity index (χ3v) is 2.43. The van der Waals surface area contributed by atoms with Gasteiger partial charge in [-0.2, -0.15) is 0 Å². The molecule has 0 atom stereocenters. The topological polar surface area (TPSA) is 52.3 Å². The fraction of sp³-hybridized carbons (Fsp3) is 0.364. The molecule has 0 radical (unpaired) electrons. The van der Waals surface area contributed by atoms with E-state index in [0.29, 0.717) is 0 Å². The van der Waals surface area contributed by atoms with Crippen molar-refractivity contribution < 1.29 is 18.3 Å². The van der Waals surface area contributed by atoms with E-state index in [1.54, 1.807) is 13.8 Å². The van der Waals surface area contributed by atoms with Gasteiger partial charge in [-0.1, -0.05) is 17.7 Å². The van der Waals surface area contributed by atoms with E-state index >= 15 is 0 Å². The van der Waals surface area contributed by atoms with Gasteiger partial charge in [-0.25, -0.2) is 13.6 Å². The first-order valence-electron chi connectivity index (χ1n) is 4.91. The maximum Gasteiger partial charge on any atom is 0.340 e. The molecular weight excluding hydrogens is 252 g/mol. The van der Waals surface area contributed by atoms with Crippen LogP contribution in [-0.2, 0) is 4.74 Å². The summed E-state index contributed by atoms with van der Waals surface area (Å²) in [7, 11) is 0. The predicted molar refractivity (Wildman–Crippen MR) is 61.4 cm³/mol. The number of ether oxygens (including phenoxy) is 1. The monoisotopic (exact) mass is 263 g/mol. The second-order valence-electron chi connectivity index (χ2n) is 3.68. The van der Waals surface area contributed by atoms with Crippen LogP contribution in [0.15, 0.2) is 12.1 Å². The summed E-state index contributed by atoms with van der Waals surface area (Å²) >= 11 is 5.66. The van der Waals surface area contributed by atoms with Gasteiger partial charge in [0, 0.05) is 5.56 Å². The molecule has 0 spiro atoms. The zero-order valence-corrected chi connectivity index (χ0v) is 10.1. The molecule has 0 saturated carbocycles. The van der Waals surface area contributed by atoms with Crippen LogP contribution in [-0.4, -0.2) is 12.1 Å². The van der Waals surface area contributed by atoms with Gasteiger partial charge in [0.15, 0.2) is 0 Å². The summed E-state index contributed by atoms with van der Waals surface area (Å²) in [6, 6.07) is 2.26. The summed E-state index contributed by atoms with van der Waals surface area (Å²) in [5.74, 6) is -0.680. The Balaban J connectivity index is 3.12. The zero-order valence-electron chi connectivity index (χ0n) is 9.34. The number of rotatable bonds is 3. The number of benzene rings is 1. The third-order valence-electron chi connectivity index (χ3n) is 2.01. The lowest BCUT2D eigenvalue weighted by atomic mass is 10.1. The molecular formula is C11H12ClF2NO2. The molecule has 0 aliphatic carbocycles. The number of halogens is 3. The van der Waals surface area contributed by atoms with Crippen LogP contribution in [0.25, 0.3) is 0 Å². The molecule has 6 heteroatoms. The molecule has 0 aromatic heterocycles. The number of anilines is 1. The van der Waals surface area contributed by atoms with Gasteiger partial charge < -0.3 is 10.5 Å². The van der Waals surface area contributed by atoms with Crippen molar-refractivity contribution in [2.75, 3.05) is 5.73 Å². The van der Waals surface area contributed by atoms with Crippen LogP contribution in [0, 0.1) is 0 Å². The number of esters is 1. The van der Waals surface area contributed by atoms with Crippen molar-refractivity contribution in [2.45, 2.75) is 26.4 Å². The maximum atomic E-state index is 12.5. The minimum atomic E-state index is -2.74. The lowest BCUT2D eigenvalue weighted by Crippen LogP contribution is -2.14. The predicted octanol–water partition coefficient (Wildman–Crippen LogP) is 3.43. The molecule has 1 aromatic rings. The smallest absolute Gasteiger partial charge is 0.340 e. The van der Waals surface area contributed by atoms with Crippen molar-refractivity contribution in [3.63, 3.8) is 0 Å². The van der Waals surface area contributed by atoms with Crippen LogP contribution < -0.4 is 5.73 Å². The van der Waals surface area contributed by atoms with Crippen molar-refractivity contribution in [2.24, 2.45) is 0 Å². The molecule has 1 aromatic carbocycles. The number of carbonyl (C=O) groups excluding carboxylic acids is 1. The van der Waals surface area contributed by atoms with E-state index in [0.717, 1.165) is 6.07 Å². The van der Waals surface area contributed by atoms with Gasteiger partial charge in [0.1, 0.15) is 0 Å². The molecule has 2 N–H and O–H groups in total. The van der Waals surface area contributed by atoms with Gasteiger partial charge in [-0.3, -0.25) is 0 Å². The summed E-state index contributed by atoms with van der Waals surface area (Å²) < 4.78 is 29.9. The Labute approximate surface area is 103 Å². The largest absolute Gasteiger partial charge is 0.459 e. The number of carbonyl (C=O) groups is 1. The van der Waals surface area contributed by atoms with E-state index in [-0.39, 0.29) is 22.4 Å². The fourth-order valence-corrected chi connectivity index (χ4v) is 1.48.